The number of anilines is 1. The zero-order chi connectivity index (χ0) is 24.8. The quantitative estimate of drug-likeness (QED) is 0.331. The van der Waals surface area contributed by atoms with Crippen LogP contribution in [0.3, 0.4) is 0 Å². The van der Waals surface area contributed by atoms with Crippen LogP contribution in [-0.4, -0.2) is 45.6 Å². The zero-order valence-corrected chi connectivity index (χ0v) is 19.9. The molecule has 0 aliphatic heterocycles. The molecule has 5 heterocycles. The summed E-state index contributed by atoms with van der Waals surface area (Å²) >= 11 is 0. The Morgan fingerprint density at radius 3 is 2.78 bits per heavy atom. The molecular weight excluding hydrogens is 454 g/mol. The van der Waals surface area contributed by atoms with Crippen molar-refractivity contribution in [1.29, 1.82) is 0 Å². The molecule has 0 atom stereocenters. The van der Waals surface area contributed by atoms with E-state index in [1.807, 2.05) is 61.9 Å². The molecule has 10 heteroatoms. The second kappa shape index (κ2) is 8.42. The maximum atomic E-state index is 12.1. The van der Waals surface area contributed by atoms with E-state index in [9.17, 15) is 4.79 Å². The van der Waals surface area contributed by atoms with E-state index in [1.54, 1.807) is 24.9 Å². The summed E-state index contributed by atoms with van der Waals surface area (Å²) in [5.41, 5.74) is 7.20. The molecule has 178 valence electrons. The Bertz CT molecular complexity index is 1740. The van der Waals surface area contributed by atoms with Gasteiger partial charge < -0.3 is 14.9 Å². The number of aryl methyl sites for hydroxylation is 1. The van der Waals surface area contributed by atoms with Crippen LogP contribution in [0.5, 0.6) is 0 Å². The minimum absolute atomic E-state index is 0.0652. The number of nitrogens with one attached hydrogen (secondary N) is 3. The summed E-state index contributed by atoms with van der Waals surface area (Å²) < 4.78 is 1.96. The van der Waals surface area contributed by atoms with Crippen LogP contribution in [-0.2, 0) is 4.79 Å². The van der Waals surface area contributed by atoms with Crippen LogP contribution in [0, 0.1) is 12.8 Å². The lowest BCUT2D eigenvalue weighted by molar-refractivity contribution is -0.118. The van der Waals surface area contributed by atoms with Crippen LogP contribution >= 0.6 is 0 Å². The molecular formula is C26H23N9O. The number of imidazole rings is 2. The third-order valence-corrected chi connectivity index (χ3v) is 5.98. The Labute approximate surface area is 205 Å². The number of amides is 1. The lowest BCUT2D eigenvalue weighted by Gasteiger charge is -2.08. The number of rotatable bonds is 5. The average Bonchev–Trinajstić information content (AvgIpc) is 3.61. The number of H-pyrrole nitrogens is 2. The molecule has 6 rings (SSSR count). The summed E-state index contributed by atoms with van der Waals surface area (Å²) in [6.07, 6.45) is 8.84. The summed E-state index contributed by atoms with van der Waals surface area (Å²) in [5, 5.41) is 11.3. The van der Waals surface area contributed by atoms with Gasteiger partial charge in [-0.1, -0.05) is 19.9 Å². The van der Waals surface area contributed by atoms with E-state index < -0.39 is 0 Å². The lowest BCUT2D eigenvalue weighted by atomic mass is 10.1. The minimum Gasteiger partial charge on any atom is -0.336 e. The Hall–Kier alpha value is -4.86. The van der Waals surface area contributed by atoms with Crippen LogP contribution in [0.15, 0.2) is 61.4 Å². The van der Waals surface area contributed by atoms with Gasteiger partial charge in [-0.05, 0) is 31.2 Å². The van der Waals surface area contributed by atoms with Gasteiger partial charge in [0.15, 0.2) is 5.82 Å². The standard InChI is InChI=1S/C26H23N9O/c1-14(2)26(36)30-17-7-16(9-27-10-17)20-8-18-21(11-28-20)33-34-23(18)25-31-19-5-4-6-22(24(19)32-25)35-12-15(3)29-13-35/h4-14H,1-3H3,(H,30,36)(H,31,32)(H,33,34). The number of pyridine rings is 2. The predicted molar refractivity (Wildman–Crippen MR) is 138 cm³/mol. The highest BCUT2D eigenvalue weighted by atomic mass is 16.1. The molecule has 0 aliphatic rings. The zero-order valence-electron chi connectivity index (χ0n) is 19.9. The molecule has 0 fully saturated rings. The van der Waals surface area contributed by atoms with E-state index in [0.29, 0.717) is 22.9 Å². The number of aromatic nitrogens is 8. The smallest absolute Gasteiger partial charge is 0.226 e. The molecule has 36 heavy (non-hydrogen) atoms. The molecule has 0 spiro atoms. The summed E-state index contributed by atoms with van der Waals surface area (Å²) in [7, 11) is 0. The van der Waals surface area contributed by atoms with Gasteiger partial charge in [0.1, 0.15) is 11.2 Å². The van der Waals surface area contributed by atoms with Gasteiger partial charge in [-0.3, -0.25) is 19.9 Å². The van der Waals surface area contributed by atoms with Gasteiger partial charge in [-0.2, -0.15) is 5.10 Å². The number of benzene rings is 1. The van der Waals surface area contributed by atoms with Gasteiger partial charge >= 0.3 is 0 Å². The van der Waals surface area contributed by atoms with Crippen molar-refractivity contribution in [3.8, 4) is 28.5 Å². The number of carbonyl (C=O) groups excluding carboxylic acids is 1. The fourth-order valence-electron chi connectivity index (χ4n) is 4.08. The topological polar surface area (TPSA) is 130 Å². The highest BCUT2D eigenvalue weighted by molar-refractivity contribution is 5.96. The molecule has 0 radical (unpaired) electrons. The maximum Gasteiger partial charge on any atom is 0.226 e. The van der Waals surface area contributed by atoms with Crippen LogP contribution < -0.4 is 5.32 Å². The van der Waals surface area contributed by atoms with E-state index in [1.165, 1.54) is 0 Å². The Kier molecular flexibility index (Phi) is 5.06. The van der Waals surface area contributed by atoms with E-state index in [4.69, 9.17) is 4.98 Å². The van der Waals surface area contributed by atoms with Crippen molar-refractivity contribution in [2.75, 3.05) is 5.32 Å². The molecule has 0 bridgehead atoms. The van der Waals surface area contributed by atoms with Crippen molar-refractivity contribution in [2.24, 2.45) is 5.92 Å². The number of hydrogen-bond acceptors (Lipinski definition) is 6. The summed E-state index contributed by atoms with van der Waals surface area (Å²) in [4.78, 5) is 33.6. The number of nitrogens with zero attached hydrogens (tertiary/aromatic N) is 6. The first-order valence-corrected chi connectivity index (χ1v) is 11.6. The van der Waals surface area contributed by atoms with Crippen LogP contribution in [0.2, 0.25) is 0 Å². The van der Waals surface area contributed by atoms with Crippen LogP contribution in [0.1, 0.15) is 19.5 Å². The molecule has 0 aliphatic carbocycles. The summed E-state index contributed by atoms with van der Waals surface area (Å²) in [6, 6.07) is 9.80. The summed E-state index contributed by atoms with van der Waals surface area (Å²) in [6.45, 7) is 5.65. The Morgan fingerprint density at radius 2 is 1.97 bits per heavy atom. The van der Waals surface area contributed by atoms with Crippen molar-refractivity contribution < 1.29 is 4.79 Å². The molecule has 1 aromatic carbocycles. The molecule has 0 unspecified atom stereocenters. The molecule has 6 aromatic rings. The number of aromatic amines is 2. The third-order valence-electron chi connectivity index (χ3n) is 5.98. The molecule has 1 amide bonds. The largest absolute Gasteiger partial charge is 0.336 e. The van der Waals surface area contributed by atoms with E-state index >= 15 is 0 Å². The monoisotopic (exact) mass is 477 g/mol. The molecule has 3 N–H and O–H groups in total. The first-order valence-electron chi connectivity index (χ1n) is 11.6. The van der Waals surface area contributed by atoms with E-state index in [-0.39, 0.29) is 11.8 Å². The number of para-hydroxylation sites is 1. The van der Waals surface area contributed by atoms with Gasteiger partial charge in [0.25, 0.3) is 0 Å². The first kappa shape index (κ1) is 21.7. The van der Waals surface area contributed by atoms with E-state index in [0.717, 1.165) is 38.9 Å². The Morgan fingerprint density at radius 1 is 1.08 bits per heavy atom. The highest BCUT2D eigenvalue weighted by Gasteiger charge is 2.17. The number of hydrogen-bond donors (Lipinski definition) is 3. The minimum atomic E-state index is -0.126. The van der Waals surface area contributed by atoms with Crippen molar-refractivity contribution in [3.63, 3.8) is 0 Å². The van der Waals surface area contributed by atoms with Crippen molar-refractivity contribution in [1.82, 2.24) is 39.7 Å². The molecule has 5 aromatic heterocycles. The van der Waals surface area contributed by atoms with Crippen molar-refractivity contribution in [3.05, 3.63) is 67.1 Å². The van der Waals surface area contributed by atoms with Gasteiger partial charge in [0.05, 0.1) is 52.5 Å². The first-order chi connectivity index (χ1) is 17.5. The van der Waals surface area contributed by atoms with Gasteiger partial charge in [0.2, 0.25) is 5.91 Å². The second-order valence-electron chi connectivity index (χ2n) is 8.97. The summed E-state index contributed by atoms with van der Waals surface area (Å²) in [5.74, 6) is 0.456. The molecule has 0 saturated carbocycles. The molecule has 10 nitrogen and oxygen atoms in total. The second-order valence-corrected chi connectivity index (χ2v) is 8.97. The fraction of sp³-hybridized carbons (Fsp3) is 0.154. The van der Waals surface area contributed by atoms with Crippen LogP contribution in [0.25, 0.3) is 50.4 Å². The van der Waals surface area contributed by atoms with Crippen LogP contribution in [0.4, 0.5) is 5.69 Å². The number of fused-ring (bicyclic) bond motifs is 2. The average molecular weight is 478 g/mol. The Balaban J connectivity index is 1.41. The predicted octanol–water partition coefficient (Wildman–Crippen LogP) is 4.65. The van der Waals surface area contributed by atoms with Crippen molar-refractivity contribution >= 4 is 33.5 Å². The van der Waals surface area contributed by atoms with Gasteiger partial charge in [-0.15, -0.1) is 0 Å². The maximum absolute atomic E-state index is 12.1. The highest BCUT2D eigenvalue weighted by Crippen LogP contribution is 2.31. The fourth-order valence-corrected chi connectivity index (χ4v) is 4.08. The van der Waals surface area contributed by atoms with E-state index in [2.05, 4.69) is 35.5 Å². The third kappa shape index (κ3) is 3.78. The van der Waals surface area contributed by atoms with Crippen molar-refractivity contribution in [2.45, 2.75) is 20.8 Å². The SMILES string of the molecule is Cc1cn(-c2cccc3[nH]c(-c4n[nH]c5cnc(-c6cncc(NC(=O)C(C)C)c6)cc45)nc23)cn1. The normalized spacial score (nSPS) is 11.6. The molecule has 0 saturated heterocycles. The number of carbonyl (C=O) groups is 1. The van der Waals surface area contributed by atoms with Gasteiger partial charge in [0, 0.05) is 29.3 Å². The lowest BCUT2D eigenvalue weighted by Crippen LogP contribution is -2.17. The van der Waals surface area contributed by atoms with Gasteiger partial charge in [-0.25, -0.2) is 9.97 Å².